The molecule has 0 heterocycles. The molecule has 142 valence electrons. The number of ether oxygens (including phenoxy) is 5. The number of esters is 1. The van der Waals surface area contributed by atoms with Gasteiger partial charge in [-0.1, -0.05) is 29.9 Å². The van der Waals surface area contributed by atoms with Crippen LogP contribution in [0.1, 0.15) is 19.4 Å². The van der Waals surface area contributed by atoms with Crippen molar-refractivity contribution in [2.75, 3.05) is 34.4 Å². The number of allylic oxidation sites excluding steroid dienone is 3. The quantitative estimate of drug-likeness (QED) is 0.196. The molecule has 1 rings (SSSR count). The average molecular weight is 362 g/mol. The highest BCUT2D eigenvalue weighted by molar-refractivity contribution is 5.82. The molecule has 6 heteroatoms. The van der Waals surface area contributed by atoms with Crippen molar-refractivity contribution in [1.29, 1.82) is 0 Å². The zero-order valence-electron chi connectivity index (χ0n) is 15.7. The number of carbonyl (C=O) groups is 1. The van der Waals surface area contributed by atoms with Crippen LogP contribution in [-0.2, 0) is 19.0 Å². The van der Waals surface area contributed by atoms with Crippen LogP contribution in [0.25, 0.3) is 6.08 Å². The molecule has 0 aliphatic heterocycles. The monoisotopic (exact) mass is 362 g/mol. The Kier molecular flexibility index (Phi) is 10.5. The molecule has 0 aromatic heterocycles. The first-order chi connectivity index (χ1) is 12.6. The van der Waals surface area contributed by atoms with Gasteiger partial charge in [0.2, 0.25) is 0 Å². The molecule has 0 bridgehead atoms. The summed E-state index contributed by atoms with van der Waals surface area (Å²) < 4.78 is 25.8. The Bertz CT molecular complexity index is 642. The normalized spacial score (nSPS) is 10.9. The Hall–Kier alpha value is -2.57. The van der Waals surface area contributed by atoms with Crippen LogP contribution in [0.4, 0.5) is 0 Å². The Balaban J connectivity index is 2.67. The van der Waals surface area contributed by atoms with Gasteiger partial charge in [-0.25, -0.2) is 4.79 Å². The molecule has 26 heavy (non-hydrogen) atoms. The molecular formula is C20H26O6. The lowest BCUT2D eigenvalue weighted by molar-refractivity contribution is -0.136. The second-order valence-corrected chi connectivity index (χ2v) is 5.44. The lowest BCUT2D eigenvalue weighted by Gasteiger charge is -2.12. The van der Waals surface area contributed by atoms with Crippen LogP contribution in [-0.4, -0.2) is 40.4 Å². The molecule has 0 aliphatic rings. The fraction of sp³-hybridized carbons (Fsp3) is 0.350. The minimum atomic E-state index is -0.389. The Morgan fingerprint density at radius 1 is 1.00 bits per heavy atom. The van der Waals surface area contributed by atoms with Gasteiger partial charge in [0.15, 0.2) is 25.1 Å². The predicted molar refractivity (Wildman–Crippen MR) is 100 cm³/mol. The molecule has 0 unspecified atom stereocenters. The van der Waals surface area contributed by atoms with E-state index in [2.05, 4.69) is 0 Å². The van der Waals surface area contributed by atoms with Gasteiger partial charge in [-0.15, -0.1) is 0 Å². The van der Waals surface area contributed by atoms with Crippen molar-refractivity contribution >= 4 is 12.0 Å². The van der Waals surface area contributed by atoms with Crippen LogP contribution in [0.2, 0.25) is 0 Å². The minimum absolute atomic E-state index is 0.105. The highest BCUT2D eigenvalue weighted by Crippen LogP contribution is 2.29. The van der Waals surface area contributed by atoms with Crippen molar-refractivity contribution in [2.24, 2.45) is 0 Å². The summed E-state index contributed by atoms with van der Waals surface area (Å²) in [5, 5.41) is 0. The molecule has 1 aromatic rings. The largest absolute Gasteiger partial charge is 0.464 e. The van der Waals surface area contributed by atoms with E-state index in [4.69, 9.17) is 23.7 Å². The Morgan fingerprint density at radius 3 is 2.35 bits per heavy atom. The maximum absolute atomic E-state index is 11.5. The minimum Gasteiger partial charge on any atom is -0.464 e. The molecule has 0 fully saturated rings. The molecular weight excluding hydrogens is 336 g/mol. The third-order valence-electron chi connectivity index (χ3n) is 2.98. The Morgan fingerprint density at radius 2 is 1.69 bits per heavy atom. The fourth-order valence-electron chi connectivity index (χ4n) is 1.74. The SMILES string of the molecule is COCOc1ccc(/C=C/C=C/C(=O)OCC=C(C)C)cc1OCOC. The lowest BCUT2D eigenvalue weighted by atomic mass is 10.2. The van der Waals surface area contributed by atoms with Crippen molar-refractivity contribution in [1.82, 2.24) is 0 Å². The van der Waals surface area contributed by atoms with Gasteiger partial charge in [0.25, 0.3) is 0 Å². The Labute approximate surface area is 154 Å². The molecule has 0 spiro atoms. The predicted octanol–water partition coefficient (Wildman–Crippen LogP) is 3.73. The number of rotatable bonds is 11. The van der Waals surface area contributed by atoms with Crippen molar-refractivity contribution in [3.05, 3.63) is 53.6 Å². The van der Waals surface area contributed by atoms with E-state index in [1.54, 1.807) is 32.4 Å². The highest BCUT2D eigenvalue weighted by Gasteiger charge is 2.06. The maximum atomic E-state index is 11.5. The van der Waals surface area contributed by atoms with Crippen molar-refractivity contribution < 1.29 is 28.5 Å². The summed E-state index contributed by atoms with van der Waals surface area (Å²) >= 11 is 0. The number of benzene rings is 1. The second-order valence-electron chi connectivity index (χ2n) is 5.44. The van der Waals surface area contributed by atoms with Gasteiger partial charge >= 0.3 is 5.97 Å². The first-order valence-corrected chi connectivity index (χ1v) is 8.09. The van der Waals surface area contributed by atoms with Gasteiger partial charge in [0.1, 0.15) is 6.61 Å². The summed E-state index contributed by atoms with van der Waals surface area (Å²) in [6.07, 6.45) is 8.41. The highest BCUT2D eigenvalue weighted by atomic mass is 16.7. The first kappa shape index (κ1) is 21.5. The third-order valence-corrected chi connectivity index (χ3v) is 2.98. The number of carbonyl (C=O) groups excluding carboxylic acids is 1. The van der Waals surface area contributed by atoms with Crippen LogP contribution in [0.5, 0.6) is 11.5 Å². The van der Waals surface area contributed by atoms with Crippen molar-refractivity contribution in [3.63, 3.8) is 0 Å². The molecule has 0 aliphatic carbocycles. The van der Waals surface area contributed by atoms with Gasteiger partial charge in [-0.2, -0.15) is 0 Å². The van der Waals surface area contributed by atoms with Crippen LogP contribution < -0.4 is 9.47 Å². The van der Waals surface area contributed by atoms with Crippen LogP contribution in [0, 0.1) is 0 Å². The summed E-state index contributed by atoms with van der Waals surface area (Å²) in [4.78, 5) is 11.5. The maximum Gasteiger partial charge on any atom is 0.331 e. The summed E-state index contributed by atoms with van der Waals surface area (Å²) in [6, 6.07) is 5.45. The summed E-state index contributed by atoms with van der Waals surface area (Å²) in [5.74, 6) is 0.704. The fourth-order valence-corrected chi connectivity index (χ4v) is 1.74. The zero-order valence-corrected chi connectivity index (χ0v) is 15.7. The van der Waals surface area contributed by atoms with E-state index in [1.807, 2.05) is 38.1 Å². The van der Waals surface area contributed by atoms with Crippen molar-refractivity contribution in [2.45, 2.75) is 13.8 Å². The molecule has 1 aromatic carbocycles. The van der Waals surface area contributed by atoms with Gasteiger partial charge in [0.05, 0.1) is 0 Å². The van der Waals surface area contributed by atoms with Crippen molar-refractivity contribution in [3.8, 4) is 11.5 Å². The molecule has 0 amide bonds. The lowest BCUT2D eigenvalue weighted by Crippen LogP contribution is -2.04. The van der Waals surface area contributed by atoms with E-state index >= 15 is 0 Å². The number of hydrogen-bond acceptors (Lipinski definition) is 6. The van der Waals surface area contributed by atoms with E-state index in [0.29, 0.717) is 11.5 Å². The summed E-state index contributed by atoms with van der Waals surface area (Å²) in [5.41, 5.74) is 1.98. The second kappa shape index (κ2) is 12.7. The van der Waals surface area contributed by atoms with E-state index < -0.39 is 0 Å². The molecule has 0 saturated heterocycles. The van der Waals surface area contributed by atoms with E-state index in [1.165, 1.54) is 6.08 Å². The van der Waals surface area contributed by atoms with E-state index in [0.717, 1.165) is 11.1 Å². The zero-order chi connectivity index (χ0) is 19.2. The first-order valence-electron chi connectivity index (χ1n) is 8.09. The van der Waals surface area contributed by atoms with E-state index in [-0.39, 0.29) is 26.2 Å². The van der Waals surface area contributed by atoms with Crippen LogP contribution >= 0.6 is 0 Å². The molecule has 0 N–H and O–H groups in total. The number of methoxy groups -OCH3 is 2. The van der Waals surface area contributed by atoms with Gasteiger partial charge < -0.3 is 23.7 Å². The standard InChI is InChI=1S/C20H26O6/c1-16(2)11-12-24-20(21)8-6-5-7-17-9-10-18(25-14-22-3)19(13-17)26-15-23-4/h5-11,13H,12,14-15H2,1-4H3/b7-5+,8-6+. The summed E-state index contributed by atoms with van der Waals surface area (Å²) in [6.45, 7) is 4.40. The smallest absolute Gasteiger partial charge is 0.331 e. The topological polar surface area (TPSA) is 63.2 Å². The molecule has 0 saturated carbocycles. The van der Waals surface area contributed by atoms with Crippen LogP contribution in [0.15, 0.2) is 48.1 Å². The average Bonchev–Trinajstić information content (AvgIpc) is 2.62. The number of hydrogen-bond donors (Lipinski definition) is 0. The summed E-state index contributed by atoms with van der Waals surface area (Å²) in [7, 11) is 3.09. The molecule has 6 nitrogen and oxygen atoms in total. The molecule has 0 atom stereocenters. The van der Waals surface area contributed by atoms with Gasteiger partial charge in [-0.05, 0) is 37.6 Å². The van der Waals surface area contributed by atoms with Crippen LogP contribution in [0.3, 0.4) is 0 Å². The van der Waals surface area contributed by atoms with Gasteiger partial charge in [0, 0.05) is 20.3 Å². The molecule has 0 radical (unpaired) electrons. The third kappa shape index (κ3) is 9.05. The van der Waals surface area contributed by atoms with Gasteiger partial charge in [-0.3, -0.25) is 0 Å². The van der Waals surface area contributed by atoms with E-state index in [9.17, 15) is 4.79 Å².